The van der Waals surface area contributed by atoms with Gasteiger partial charge in [0, 0.05) is 24.5 Å². The standard InChI is InChI=1S/C12H19ClN2O/c1-10(5-4-8-13)14-9-11-6-3-7-12(15-11)16-2/h3,6-7,10,14H,4-5,8-9H2,1-2H3. The van der Waals surface area contributed by atoms with Crippen LogP contribution in [0.15, 0.2) is 18.2 Å². The molecule has 1 rings (SSSR count). The maximum atomic E-state index is 5.65. The molecule has 1 N–H and O–H groups in total. The summed E-state index contributed by atoms with van der Waals surface area (Å²) in [6, 6.07) is 6.25. The first-order chi connectivity index (χ1) is 7.76. The lowest BCUT2D eigenvalue weighted by Gasteiger charge is -2.12. The van der Waals surface area contributed by atoms with Crippen LogP contribution in [0.1, 0.15) is 25.5 Å². The second-order valence-electron chi connectivity index (χ2n) is 3.78. The molecule has 1 atom stereocenters. The Kier molecular flexibility index (Phi) is 6.19. The molecule has 0 radical (unpaired) electrons. The van der Waals surface area contributed by atoms with Crippen LogP contribution in [0.3, 0.4) is 0 Å². The lowest BCUT2D eigenvalue weighted by Crippen LogP contribution is -2.25. The summed E-state index contributed by atoms with van der Waals surface area (Å²) in [5.41, 5.74) is 0.997. The van der Waals surface area contributed by atoms with Gasteiger partial charge in [-0.3, -0.25) is 0 Å². The summed E-state index contributed by atoms with van der Waals surface area (Å²) >= 11 is 5.65. The first-order valence-corrected chi connectivity index (χ1v) is 6.09. The van der Waals surface area contributed by atoms with E-state index in [2.05, 4.69) is 17.2 Å². The van der Waals surface area contributed by atoms with E-state index in [-0.39, 0.29) is 0 Å². The molecule has 0 aromatic carbocycles. The number of alkyl halides is 1. The molecule has 16 heavy (non-hydrogen) atoms. The van der Waals surface area contributed by atoms with Crippen LogP contribution in [0, 0.1) is 0 Å². The summed E-state index contributed by atoms with van der Waals surface area (Å²) in [6.45, 7) is 2.92. The molecule has 4 heteroatoms. The van der Waals surface area contributed by atoms with Gasteiger partial charge in [0.1, 0.15) is 0 Å². The number of rotatable bonds is 7. The van der Waals surface area contributed by atoms with Crippen molar-refractivity contribution in [1.29, 1.82) is 0 Å². The summed E-state index contributed by atoms with van der Waals surface area (Å²) in [4.78, 5) is 4.33. The van der Waals surface area contributed by atoms with E-state index < -0.39 is 0 Å². The van der Waals surface area contributed by atoms with Crippen LogP contribution in [0.2, 0.25) is 0 Å². The Morgan fingerprint density at radius 1 is 1.50 bits per heavy atom. The van der Waals surface area contributed by atoms with Crippen molar-refractivity contribution in [3.63, 3.8) is 0 Å². The van der Waals surface area contributed by atoms with Crippen LogP contribution < -0.4 is 10.1 Å². The molecule has 1 heterocycles. The molecule has 0 aliphatic heterocycles. The van der Waals surface area contributed by atoms with Crippen molar-refractivity contribution < 1.29 is 4.74 Å². The van der Waals surface area contributed by atoms with Gasteiger partial charge in [0.15, 0.2) is 0 Å². The Balaban J connectivity index is 2.35. The molecule has 3 nitrogen and oxygen atoms in total. The van der Waals surface area contributed by atoms with Crippen LogP contribution >= 0.6 is 11.6 Å². The van der Waals surface area contributed by atoms with E-state index in [9.17, 15) is 0 Å². The van der Waals surface area contributed by atoms with E-state index in [0.717, 1.165) is 31.0 Å². The summed E-state index contributed by atoms with van der Waals surface area (Å²) < 4.78 is 5.07. The molecule has 0 spiro atoms. The van der Waals surface area contributed by atoms with Crippen LogP contribution in [0.4, 0.5) is 0 Å². The third-order valence-corrected chi connectivity index (χ3v) is 2.66. The molecule has 0 saturated heterocycles. The van der Waals surface area contributed by atoms with Gasteiger partial charge >= 0.3 is 0 Å². The molecule has 1 aromatic heterocycles. The van der Waals surface area contributed by atoms with Gasteiger partial charge in [0.25, 0.3) is 0 Å². The quantitative estimate of drug-likeness (QED) is 0.747. The SMILES string of the molecule is COc1cccc(CNC(C)CCCCl)n1. The van der Waals surface area contributed by atoms with Crippen molar-refractivity contribution in [3.8, 4) is 5.88 Å². The largest absolute Gasteiger partial charge is 0.481 e. The molecule has 1 unspecified atom stereocenters. The number of halogens is 1. The molecule has 90 valence electrons. The minimum atomic E-state index is 0.465. The van der Waals surface area contributed by atoms with Gasteiger partial charge in [-0.2, -0.15) is 0 Å². The Morgan fingerprint density at radius 3 is 3.00 bits per heavy atom. The number of nitrogens with one attached hydrogen (secondary N) is 1. The Hall–Kier alpha value is -0.800. The zero-order valence-corrected chi connectivity index (χ0v) is 10.6. The molecule has 0 aliphatic rings. The van der Waals surface area contributed by atoms with Crippen molar-refractivity contribution in [2.75, 3.05) is 13.0 Å². The normalized spacial score (nSPS) is 12.4. The zero-order chi connectivity index (χ0) is 11.8. The van der Waals surface area contributed by atoms with E-state index in [4.69, 9.17) is 16.3 Å². The van der Waals surface area contributed by atoms with Gasteiger partial charge in [0.2, 0.25) is 5.88 Å². The second-order valence-corrected chi connectivity index (χ2v) is 4.16. The predicted octanol–water partition coefficient (Wildman–Crippen LogP) is 2.59. The van der Waals surface area contributed by atoms with Crippen molar-refractivity contribution >= 4 is 11.6 Å². The van der Waals surface area contributed by atoms with E-state index in [1.165, 1.54) is 0 Å². The van der Waals surface area contributed by atoms with E-state index in [0.29, 0.717) is 11.9 Å². The monoisotopic (exact) mass is 242 g/mol. The average molecular weight is 243 g/mol. The van der Waals surface area contributed by atoms with Gasteiger partial charge in [0.05, 0.1) is 12.8 Å². The zero-order valence-electron chi connectivity index (χ0n) is 9.87. The highest BCUT2D eigenvalue weighted by atomic mass is 35.5. The molecule has 0 saturated carbocycles. The fraction of sp³-hybridized carbons (Fsp3) is 0.583. The average Bonchev–Trinajstić information content (AvgIpc) is 2.34. The summed E-state index contributed by atoms with van der Waals surface area (Å²) in [5.74, 6) is 1.39. The molecule has 0 aliphatic carbocycles. The number of methoxy groups -OCH3 is 1. The van der Waals surface area contributed by atoms with Gasteiger partial charge in [-0.05, 0) is 25.8 Å². The molecular weight excluding hydrogens is 224 g/mol. The molecule has 0 bridgehead atoms. The number of ether oxygens (including phenoxy) is 1. The second kappa shape index (κ2) is 7.47. The third kappa shape index (κ3) is 4.81. The van der Waals surface area contributed by atoms with Gasteiger partial charge in [-0.15, -0.1) is 11.6 Å². The van der Waals surface area contributed by atoms with Gasteiger partial charge < -0.3 is 10.1 Å². The molecule has 1 aromatic rings. The maximum absolute atomic E-state index is 5.65. The van der Waals surface area contributed by atoms with Gasteiger partial charge in [-0.25, -0.2) is 4.98 Å². The summed E-state index contributed by atoms with van der Waals surface area (Å²) in [7, 11) is 1.63. The van der Waals surface area contributed by atoms with E-state index in [1.54, 1.807) is 7.11 Å². The van der Waals surface area contributed by atoms with Crippen LogP contribution in [0.25, 0.3) is 0 Å². The smallest absolute Gasteiger partial charge is 0.213 e. The minimum Gasteiger partial charge on any atom is -0.481 e. The summed E-state index contributed by atoms with van der Waals surface area (Å²) in [6.07, 6.45) is 2.13. The number of aromatic nitrogens is 1. The topological polar surface area (TPSA) is 34.1 Å². The number of nitrogens with zero attached hydrogens (tertiary/aromatic N) is 1. The maximum Gasteiger partial charge on any atom is 0.213 e. The molecule has 0 fully saturated rings. The van der Waals surface area contributed by atoms with Crippen molar-refractivity contribution in [2.24, 2.45) is 0 Å². The fourth-order valence-corrected chi connectivity index (χ4v) is 1.59. The first kappa shape index (κ1) is 13.3. The van der Waals surface area contributed by atoms with E-state index in [1.807, 2.05) is 18.2 Å². The molecular formula is C12H19ClN2O. The van der Waals surface area contributed by atoms with Gasteiger partial charge in [-0.1, -0.05) is 6.07 Å². The Bertz CT molecular complexity index is 307. The highest BCUT2D eigenvalue weighted by Gasteiger charge is 2.02. The van der Waals surface area contributed by atoms with Crippen LogP contribution in [-0.4, -0.2) is 24.0 Å². The minimum absolute atomic E-state index is 0.465. The number of hydrogen-bond donors (Lipinski definition) is 1. The van der Waals surface area contributed by atoms with Crippen molar-refractivity contribution in [3.05, 3.63) is 23.9 Å². The third-order valence-electron chi connectivity index (χ3n) is 2.39. The van der Waals surface area contributed by atoms with Crippen LogP contribution in [0.5, 0.6) is 5.88 Å². The number of hydrogen-bond acceptors (Lipinski definition) is 3. The highest BCUT2D eigenvalue weighted by Crippen LogP contribution is 2.07. The number of pyridine rings is 1. The molecule has 0 amide bonds. The lowest BCUT2D eigenvalue weighted by molar-refractivity contribution is 0.394. The summed E-state index contributed by atoms with van der Waals surface area (Å²) in [5, 5.41) is 3.41. The fourth-order valence-electron chi connectivity index (χ4n) is 1.43. The highest BCUT2D eigenvalue weighted by molar-refractivity contribution is 6.17. The van der Waals surface area contributed by atoms with Crippen molar-refractivity contribution in [2.45, 2.75) is 32.4 Å². The lowest BCUT2D eigenvalue weighted by atomic mass is 10.2. The Morgan fingerprint density at radius 2 is 2.31 bits per heavy atom. The van der Waals surface area contributed by atoms with Crippen LogP contribution in [-0.2, 0) is 6.54 Å². The van der Waals surface area contributed by atoms with Crippen molar-refractivity contribution in [1.82, 2.24) is 10.3 Å². The Labute approximate surface area is 102 Å². The first-order valence-electron chi connectivity index (χ1n) is 5.55. The predicted molar refractivity (Wildman–Crippen MR) is 67.0 cm³/mol. The van der Waals surface area contributed by atoms with E-state index >= 15 is 0 Å².